The molecule has 0 aromatic heterocycles. The van der Waals surface area contributed by atoms with Crippen molar-refractivity contribution >= 4 is 0 Å². The average Bonchev–Trinajstić information content (AvgIpc) is 2.57. The van der Waals surface area contributed by atoms with E-state index in [2.05, 4.69) is 13.8 Å². The first kappa shape index (κ1) is 23.0. The van der Waals surface area contributed by atoms with Crippen LogP contribution in [0.1, 0.15) is 129 Å². The Hall–Kier alpha value is -0.0400. The van der Waals surface area contributed by atoms with Crippen LogP contribution in [0.15, 0.2) is 0 Å². The molecule has 0 fully saturated rings. The highest BCUT2D eigenvalue weighted by atomic mass is 16.3. The average molecular weight is 327 g/mol. The summed E-state index contributed by atoms with van der Waals surface area (Å²) in [5.41, 5.74) is 0. The molecule has 140 valence electrons. The standard InChI is InChI=1S/C22H46O/c1-3-5-7-9-11-13-15-17-19-22(21-23)20-18-16-14-12-10-8-6-4-2/h22-23H,3-21H2,1-2H3. The van der Waals surface area contributed by atoms with E-state index in [-0.39, 0.29) is 0 Å². The van der Waals surface area contributed by atoms with Crippen molar-refractivity contribution in [2.45, 2.75) is 129 Å². The Balaban J connectivity index is 3.29. The van der Waals surface area contributed by atoms with Gasteiger partial charge < -0.3 is 5.11 Å². The summed E-state index contributed by atoms with van der Waals surface area (Å²) in [5, 5.41) is 9.53. The van der Waals surface area contributed by atoms with E-state index in [0.29, 0.717) is 12.5 Å². The van der Waals surface area contributed by atoms with E-state index >= 15 is 0 Å². The third-order valence-corrected chi connectivity index (χ3v) is 5.19. The second kappa shape index (κ2) is 20.0. The lowest BCUT2D eigenvalue weighted by Crippen LogP contribution is -2.06. The number of aliphatic hydroxyl groups is 1. The highest BCUT2D eigenvalue weighted by Gasteiger charge is 2.06. The van der Waals surface area contributed by atoms with E-state index < -0.39 is 0 Å². The molecule has 0 aliphatic rings. The second-order valence-corrected chi connectivity index (χ2v) is 7.58. The third-order valence-electron chi connectivity index (χ3n) is 5.19. The van der Waals surface area contributed by atoms with Crippen molar-refractivity contribution in [1.29, 1.82) is 0 Å². The lowest BCUT2D eigenvalue weighted by Gasteiger charge is -2.13. The van der Waals surface area contributed by atoms with Crippen molar-refractivity contribution in [2.75, 3.05) is 6.61 Å². The molecule has 0 atom stereocenters. The van der Waals surface area contributed by atoms with Gasteiger partial charge in [-0.2, -0.15) is 0 Å². The quantitative estimate of drug-likeness (QED) is 0.242. The molecule has 0 aromatic carbocycles. The predicted octanol–water partition coefficient (Wildman–Crippen LogP) is 7.66. The fourth-order valence-corrected chi connectivity index (χ4v) is 3.46. The first-order valence-corrected chi connectivity index (χ1v) is 11.0. The minimum atomic E-state index is 0.410. The van der Waals surface area contributed by atoms with Crippen LogP contribution >= 0.6 is 0 Å². The third kappa shape index (κ3) is 18.1. The summed E-state index contributed by atoms with van der Waals surface area (Å²) in [7, 11) is 0. The van der Waals surface area contributed by atoms with Crippen LogP contribution in [-0.2, 0) is 0 Å². The molecule has 0 aliphatic heterocycles. The van der Waals surface area contributed by atoms with Gasteiger partial charge in [-0.15, -0.1) is 0 Å². The van der Waals surface area contributed by atoms with E-state index in [0.717, 1.165) is 0 Å². The van der Waals surface area contributed by atoms with Gasteiger partial charge in [0.1, 0.15) is 0 Å². The summed E-state index contributed by atoms with van der Waals surface area (Å²) in [6.45, 7) is 4.97. The van der Waals surface area contributed by atoms with Crippen molar-refractivity contribution in [3.63, 3.8) is 0 Å². The van der Waals surface area contributed by atoms with Crippen LogP contribution in [-0.4, -0.2) is 11.7 Å². The Bertz CT molecular complexity index is 182. The van der Waals surface area contributed by atoms with Gasteiger partial charge in [0.15, 0.2) is 0 Å². The largest absolute Gasteiger partial charge is 0.396 e. The second-order valence-electron chi connectivity index (χ2n) is 7.58. The Kier molecular flexibility index (Phi) is 20.0. The first-order valence-electron chi connectivity index (χ1n) is 11.0. The number of rotatable bonds is 19. The molecule has 1 N–H and O–H groups in total. The molecule has 1 heteroatoms. The number of hydrogen-bond acceptors (Lipinski definition) is 1. The molecule has 0 saturated heterocycles. The minimum Gasteiger partial charge on any atom is -0.396 e. The van der Waals surface area contributed by atoms with Crippen LogP contribution in [0.3, 0.4) is 0 Å². The topological polar surface area (TPSA) is 20.2 Å². The SMILES string of the molecule is CCCCCCCCCCC(CO)CCCCCCCCCC. The first-order chi connectivity index (χ1) is 11.3. The summed E-state index contributed by atoms with van der Waals surface area (Å²) in [5.74, 6) is 0.579. The van der Waals surface area contributed by atoms with Gasteiger partial charge in [0.25, 0.3) is 0 Å². The Morgan fingerprint density at radius 3 is 1.09 bits per heavy atom. The van der Waals surface area contributed by atoms with Gasteiger partial charge >= 0.3 is 0 Å². The van der Waals surface area contributed by atoms with Gasteiger partial charge in [0, 0.05) is 6.61 Å². The molecule has 0 amide bonds. The zero-order valence-corrected chi connectivity index (χ0v) is 16.5. The molecule has 23 heavy (non-hydrogen) atoms. The fraction of sp³-hybridized carbons (Fsp3) is 1.00. The van der Waals surface area contributed by atoms with E-state index in [4.69, 9.17) is 0 Å². The molecule has 0 heterocycles. The van der Waals surface area contributed by atoms with Gasteiger partial charge in [-0.3, -0.25) is 0 Å². The molecule has 0 radical (unpaired) electrons. The van der Waals surface area contributed by atoms with Crippen LogP contribution in [0.25, 0.3) is 0 Å². The van der Waals surface area contributed by atoms with E-state index in [1.165, 1.54) is 116 Å². The van der Waals surface area contributed by atoms with Crippen molar-refractivity contribution in [3.05, 3.63) is 0 Å². The van der Waals surface area contributed by atoms with Crippen molar-refractivity contribution in [2.24, 2.45) is 5.92 Å². The lowest BCUT2D eigenvalue weighted by atomic mass is 9.95. The normalized spacial score (nSPS) is 11.5. The van der Waals surface area contributed by atoms with Crippen LogP contribution < -0.4 is 0 Å². The number of unbranched alkanes of at least 4 members (excludes halogenated alkanes) is 14. The number of hydrogen-bond donors (Lipinski definition) is 1. The summed E-state index contributed by atoms with van der Waals surface area (Å²) < 4.78 is 0. The van der Waals surface area contributed by atoms with Crippen molar-refractivity contribution in [3.8, 4) is 0 Å². The summed E-state index contributed by atoms with van der Waals surface area (Å²) in [4.78, 5) is 0. The molecular formula is C22H46O. The zero-order valence-electron chi connectivity index (χ0n) is 16.5. The number of aliphatic hydroxyl groups excluding tert-OH is 1. The Labute approximate surface area is 147 Å². The molecule has 0 aliphatic carbocycles. The van der Waals surface area contributed by atoms with Gasteiger partial charge in [0.2, 0.25) is 0 Å². The van der Waals surface area contributed by atoms with Crippen LogP contribution in [0, 0.1) is 5.92 Å². The maximum Gasteiger partial charge on any atom is 0.0459 e. The molecule has 1 nitrogen and oxygen atoms in total. The lowest BCUT2D eigenvalue weighted by molar-refractivity contribution is 0.204. The molecular weight excluding hydrogens is 280 g/mol. The smallest absolute Gasteiger partial charge is 0.0459 e. The zero-order chi connectivity index (χ0) is 17.0. The van der Waals surface area contributed by atoms with Gasteiger partial charge in [-0.1, -0.05) is 117 Å². The van der Waals surface area contributed by atoms with Gasteiger partial charge in [-0.05, 0) is 18.8 Å². The molecule has 0 unspecified atom stereocenters. The Morgan fingerprint density at radius 1 is 0.478 bits per heavy atom. The van der Waals surface area contributed by atoms with Gasteiger partial charge in [-0.25, -0.2) is 0 Å². The van der Waals surface area contributed by atoms with E-state index in [1.807, 2.05) is 0 Å². The summed E-state index contributed by atoms with van der Waals surface area (Å²) in [6.07, 6.45) is 24.8. The molecule has 0 rings (SSSR count). The molecule has 0 saturated carbocycles. The monoisotopic (exact) mass is 326 g/mol. The van der Waals surface area contributed by atoms with Crippen molar-refractivity contribution in [1.82, 2.24) is 0 Å². The predicted molar refractivity (Wildman–Crippen MR) is 105 cm³/mol. The Morgan fingerprint density at radius 2 is 0.783 bits per heavy atom. The summed E-state index contributed by atoms with van der Waals surface area (Å²) in [6, 6.07) is 0. The summed E-state index contributed by atoms with van der Waals surface area (Å²) >= 11 is 0. The van der Waals surface area contributed by atoms with E-state index in [9.17, 15) is 5.11 Å². The molecule has 0 spiro atoms. The van der Waals surface area contributed by atoms with Crippen LogP contribution in [0.4, 0.5) is 0 Å². The van der Waals surface area contributed by atoms with Crippen LogP contribution in [0.5, 0.6) is 0 Å². The van der Waals surface area contributed by atoms with E-state index in [1.54, 1.807) is 0 Å². The maximum atomic E-state index is 9.53. The van der Waals surface area contributed by atoms with Gasteiger partial charge in [0.05, 0.1) is 0 Å². The fourth-order valence-electron chi connectivity index (χ4n) is 3.46. The van der Waals surface area contributed by atoms with Crippen molar-refractivity contribution < 1.29 is 5.11 Å². The molecule has 0 aromatic rings. The minimum absolute atomic E-state index is 0.410. The van der Waals surface area contributed by atoms with Crippen LogP contribution in [0.2, 0.25) is 0 Å². The maximum absolute atomic E-state index is 9.53. The molecule has 0 bridgehead atoms. The highest BCUT2D eigenvalue weighted by Crippen LogP contribution is 2.19. The highest BCUT2D eigenvalue weighted by molar-refractivity contribution is 4.59.